The Labute approximate surface area is 59.5 Å². The molecule has 0 N–H and O–H groups in total. The second kappa shape index (κ2) is 2.79. The maximum atomic E-state index is 12.5. The first-order valence-corrected chi connectivity index (χ1v) is 6.44. The molecule has 0 nitrogen and oxygen atoms in total. The number of hydrogen-bond donors (Lipinski definition) is 0. The van der Waals surface area contributed by atoms with Crippen molar-refractivity contribution in [1.82, 2.24) is 0 Å². The molecule has 0 heterocycles. The molecule has 0 aromatic heterocycles. The van der Waals surface area contributed by atoms with Crippen LogP contribution in [0.1, 0.15) is 0 Å². The Bertz CT molecular complexity index is 132. The van der Waals surface area contributed by atoms with Crippen LogP contribution in [0.25, 0.3) is 0 Å². The van der Waals surface area contributed by atoms with Gasteiger partial charge in [0.05, 0.1) is 0 Å². The summed E-state index contributed by atoms with van der Waals surface area (Å²) in [6, 6.07) is 0. The van der Waals surface area contributed by atoms with E-state index in [-0.39, 0.29) is 0 Å². The summed E-state index contributed by atoms with van der Waals surface area (Å²) in [6.07, 6.45) is 0. The van der Waals surface area contributed by atoms with Crippen LogP contribution in [-0.4, -0.2) is 8.07 Å². The summed E-state index contributed by atoms with van der Waals surface area (Å²) < 4.78 is 24.4. The topological polar surface area (TPSA) is 0 Å². The van der Waals surface area contributed by atoms with Gasteiger partial charge in [0.1, 0.15) is 13.5 Å². The van der Waals surface area contributed by atoms with Crippen LogP contribution in [0.3, 0.4) is 0 Å². The van der Waals surface area contributed by atoms with E-state index in [2.05, 4.69) is 0 Å². The molecular formula is C5H9ClF2Si. The van der Waals surface area contributed by atoms with E-state index in [1.165, 1.54) is 0 Å². The average molecular weight is 171 g/mol. The van der Waals surface area contributed by atoms with E-state index in [0.717, 1.165) is 0 Å². The van der Waals surface area contributed by atoms with E-state index in [1.807, 2.05) is 0 Å². The van der Waals surface area contributed by atoms with Crippen molar-refractivity contribution < 1.29 is 8.78 Å². The van der Waals surface area contributed by atoms with Gasteiger partial charge in [0.25, 0.3) is 0 Å². The second-order valence-electron chi connectivity index (χ2n) is 2.82. The van der Waals surface area contributed by atoms with Crippen molar-refractivity contribution in [2.75, 3.05) is 0 Å². The fourth-order valence-corrected chi connectivity index (χ4v) is 1.70. The fourth-order valence-electron chi connectivity index (χ4n) is 0.283. The molecule has 0 bridgehead atoms. The molecule has 0 aliphatic carbocycles. The Kier molecular flexibility index (Phi) is 2.83. The lowest BCUT2D eigenvalue weighted by molar-refractivity contribution is 0.601. The summed E-state index contributed by atoms with van der Waals surface area (Å²) in [5, 5.41) is -1.19. The van der Waals surface area contributed by atoms with Gasteiger partial charge < -0.3 is 0 Å². The highest BCUT2D eigenvalue weighted by molar-refractivity contribution is 6.83. The summed E-state index contributed by atoms with van der Waals surface area (Å²) in [6.45, 7) is 5.05. The third-order valence-corrected chi connectivity index (χ3v) is 2.69. The monoisotopic (exact) mass is 170 g/mol. The molecule has 0 aromatic rings. The van der Waals surface area contributed by atoms with E-state index in [4.69, 9.17) is 11.6 Å². The first-order valence-electron chi connectivity index (χ1n) is 2.57. The third kappa shape index (κ3) is 2.96. The highest BCUT2D eigenvalue weighted by atomic mass is 35.5. The molecule has 9 heavy (non-hydrogen) atoms. The lowest BCUT2D eigenvalue weighted by atomic mass is 11.1. The minimum atomic E-state index is -2.12. The van der Waals surface area contributed by atoms with E-state index >= 15 is 0 Å². The third-order valence-electron chi connectivity index (χ3n) is 0.824. The molecule has 0 fully saturated rings. The van der Waals surface area contributed by atoms with Gasteiger partial charge in [0, 0.05) is 0 Å². The summed E-state index contributed by atoms with van der Waals surface area (Å²) >= 11 is 4.79. The lowest BCUT2D eigenvalue weighted by Gasteiger charge is -2.10. The zero-order valence-electron chi connectivity index (χ0n) is 5.63. The minimum Gasteiger partial charge on any atom is -0.213 e. The standard InChI is InChI=1S/C5H9ClF2Si/c1-9(2,3)5(8)4(6)7/h1-3H3/b5-4+. The highest BCUT2D eigenvalue weighted by Crippen LogP contribution is 2.22. The van der Waals surface area contributed by atoms with Gasteiger partial charge in [-0.3, -0.25) is 0 Å². The molecule has 54 valence electrons. The zero-order valence-corrected chi connectivity index (χ0v) is 7.39. The van der Waals surface area contributed by atoms with Crippen LogP contribution in [0, 0.1) is 0 Å². The Morgan fingerprint density at radius 1 is 1.22 bits per heavy atom. The molecule has 0 aromatic carbocycles. The van der Waals surface area contributed by atoms with E-state index < -0.39 is 18.8 Å². The van der Waals surface area contributed by atoms with Crippen LogP contribution in [0.2, 0.25) is 19.6 Å². The SMILES string of the molecule is C[Si](C)(C)/C(F)=C(/F)Cl. The van der Waals surface area contributed by atoms with Gasteiger partial charge in [-0.2, -0.15) is 4.39 Å². The molecule has 0 saturated carbocycles. The van der Waals surface area contributed by atoms with Crippen LogP contribution >= 0.6 is 11.6 Å². The van der Waals surface area contributed by atoms with Crippen molar-refractivity contribution in [3.63, 3.8) is 0 Å². The summed E-state index contributed by atoms with van der Waals surface area (Å²) in [7, 11) is -2.12. The molecule has 0 spiro atoms. The first kappa shape index (κ1) is 9.11. The van der Waals surface area contributed by atoms with Crippen LogP contribution in [0.4, 0.5) is 8.78 Å². The number of halogens is 3. The maximum absolute atomic E-state index is 12.5. The maximum Gasteiger partial charge on any atom is 0.215 e. The summed E-state index contributed by atoms with van der Waals surface area (Å²) in [4.78, 5) is 0. The quantitative estimate of drug-likeness (QED) is 0.531. The fraction of sp³-hybridized carbons (Fsp3) is 0.600. The van der Waals surface area contributed by atoms with Gasteiger partial charge in [0.15, 0.2) is 0 Å². The first-order chi connectivity index (χ1) is 3.85. The lowest BCUT2D eigenvalue weighted by Crippen LogP contribution is -2.21. The van der Waals surface area contributed by atoms with Gasteiger partial charge in [0.2, 0.25) is 5.29 Å². The van der Waals surface area contributed by atoms with Crippen LogP contribution < -0.4 is 0 Å². The normalized spacial score (nSPS) is 15.3. The van der Waals surface area contributed by atoms with Crippen molar-refractivity contribution in [3.05, 3.63) is 10.7 Å². The average Bonchev–Trinajstić information content (AvgIpc) is 1.62. The number of hydrogen-bond acceptors (Lipinski definition) is 0. The number of rotatable bonds is 1. The minimum absolute atomic E-state index is 0.760. The Morgan fingerprint density at radius 2 is 1.56 bits per heavy atom. The molecular weight excluding hydrogens is 162 g/mol. The van der Waals surface area contributed by atoms with Crippen molar-refractivity contribution in [2.24, 2.45) is 0 Å². The van der Waals surface area contributed by atoms with Crippen LogP contribution in [0.5, 0.6) is 0 Å². The molecule has 0 aliphatic heterocycles. The zero-order chi connectivity index (χ0) is 7.65. The molecule has 0 amide bonds. The van der Waals surface area contributed by atoms with Crippen LogP contribution in [0.15, 0.2) is 10.7 Å². The van der Waals surface area contributed by atoms with Crippen molar-refractivity contribution >= 4 is 19.7 Å². The molecule has 0 rings (SSSR count). The van der Waals surface area contributed by atoms with E-state index in [0.29, 0.717) is 0 Å². The van der Waals surface area contributed by atoms with Crippen molar-refractivity contribution in [3.8, 4) is 0 Å². The van der Waals surface area contributed by atoms with E-state index in [9.17, 15) is 8.78 Å². The molecule has 0 atom stereocenters. The van der Waals surface area contributed by atoms with E-state index in [1.54, 1.807) is 19.6 Å². The molecule has 0 saturated heterocycles. The van der Waals surface area contributed by atoms with Gasteiger partial charge >= 0.3 is 0 Å². The molecule has 0 radical (unpaired) electrons. The van der Waals surface area contributed by atoms with Crippen molar-refractivity contribution in [2.45, 2.75) is 19.6 Å². The van der Waals surface area contributed by atoms with Gasteiger partial charge in [-0.05, 0) is 11.6 Å². The van der Waals surface area contributed by atoms with Gasteiger partial charge in [-0.1, -0.05) is 19.6 Å². The highest BCUT2D eigenvalue weighted by Gasteiger charge is 2.23. The summed E-state index contributed by atoms with van der Waals surface area (Å²) in [5.41, 5.74) is -0.760. The smallest absolute Gasteiger partial charge is 0.213 e. The Morgan fingerprint density at radius 3 is 1.56 bits per heavy atom. The predicted octanol–water partition coefficient (Wildman–Crippen LogP) is 3.21. The predicted molar refractivity (Wildman–Crippen MR) is 38.4 cm³/mol. The molecule has 0 unspecified atom stereocenters. The summed E-state index contributed by atoms with van der Waals surface area (Å²) in [5.74, 6) is 0. The Hall–Kier alpha value is 0.107. The van der Waals surface area contributed by atoms with Crippen molar-refractivity contribution in [1.29, 1.82) is 0 Å². The second-order valence-corrected chi connectivity index (χ2v) is 8.10. The Balaban J connectivity index is 4.40. The van der Waals surface area contributed by atoms with Gasteiger partial charge in [-0.25, -0.2) is 4.39 Å². The van der Waals surface area contributed by atoms with Crippen LogP contribution in [-0.2, 0) is 0 Å². The van der Waals surface area contributed by atoms with Gasteiger partial charge in [-0.15, -0.1) is 0 Å². The molecule has 0 aliphatic rings. The molecule has 4 heteroatoms. The largest absolute Gasteiger partial charge is 0.215 e.